The molecule has 0 saturated heterocycles. The zero-order chi connectivity index (χ0) is 14.2. The van der Waals surface area contributed by atoms with Gasteiger partial charge >= 0.3 is 0 Å². The van der Waals surface area contributed by atoms with Crippen LogP contribution in [-0.2, 0) is 11.2 Å². The van der Waals surface area contributed by atoms with Gasteiger partial charge in [0.1, 0.15) is 18.3 Å². The number of rotatable bonds is 2. The maximum atomic E-state index is 12.5. The Bertz CT molecular complexity index is 712. The zero-order valence-corrected chi connectivity index (χ0v) is 11.6. The highest BCUT2D eigenvalue weighted by Crippen LogP contribution is 2.34. The molecular weight excluding hydrogens is 264 g/mol. The third-order valence-corrected chi connectivity index (χ3v) is 4.10. The summed E-state index contributed by atoms with van der Waals surface area (Å²) in [6.45, 7) is 1.38. The molecule has 0 fully saturated rings. The van der Waals surface area contributed by atoms with Crippen LogP contribution < -0.4 is 15.4 Å². The average Bonchev–Trinajstić information content (AvgIpc) is 3.13. The highest BCUT2D eigenvalue weighted by molar-refractivity contribution is 5.97. The number of para-hydroxylation sites is 1. The minimum Gasteiger partial charge on any atom is -0.492 e. The Labute approximate surface area is 123 Å². The molecule has 0 saturated carbocycles. The molecule has 2 aromatic rings. The maximum Gasteiger partial charge on any atom is 0.235 e. The number of amides is 1. The Kier molecular flexibility index (Phi) is 2.81. The molecule has 0 aromatic heterocycles. The monoisotopic (exact) mass is 280 g/mol. The van der Waals surface area contributed by atoms with Crippen molar-refractivity contribution in [1.82, 2.24) is 0 Å². The van der Waals surface area contributed by atoms with Crippen LogP contribution in [0, 0.1) is 0 Å². The summed E-state index contributed by atoms with van der Waals surface area (Å²) >= 11 is 0. The number of benzene rings is 2. The van der Waals surface area contributed by atoms with Crippen molar-refractivity contribution in [3.05, 3.63) is 53.6 Å². The Hall–Kier alpha value is -2.49. The quantitative estimate of drug-likeness (QED) is 0.889. The molecule has 2 heterocycles. The lowest BCUT2D eigenvalue weighted by Gasteiger charge is -2.11. The first-order valence-electron chi connectivity index (χ1n) is 7.21. The molecule has 2 aliphatic rings. The molecule has 4 heteroatoms. The van der Waals surface area contributed by atoms with E-state index in [4.69, 9.17) is 4.74 Å². The van der Waals surface area contributed by atoms with E-state index in [9.17, 15) is 4.79 Å². The Morgan fingerprint density at radius 2 is 2.14 bits per heavy atom. The number of hydrogen-bond acceptors (Lipinski definition) is 3. The highest BCUT2D eigenvalue weighted by atomic mass is 16.5. The fraction of sp³-hybridized carbons (Fsp3) is 0.235. The predicted molar refractivity (Wildman–Crippen MR) is 81.9 cm³/mol. The van der Waals surface area contributed by atoms with E-state index in [1.54, 1.807) is 0 Å². The van der Waals surface area contributed by atoms with Gasteiger partial charge in [-0.1, -0.05) is 18.2 Å². The smallest absolute Gasteiger partial charge is 0.235 e. The van der Waals surface area contributed by atoms with Crippen molar-refractivity contribution in [2.45, 2.75) is 12.3 Å². The Morgan fingerprint density at radius 1 is 1.24 bits per heavy atom. The number of anilines is 2. The summed E-state index contributed by atoms with van der Waals surface area (Å²) in [5.41, 5.74) is 4.25. The molecule has 4 nitrogen and oxygen atoms in total. The molecule has 1 amide bonds. The molecule has 1 unspecified atom stereocenters. The second-order valence-electron chi connectivity index (χ2n) is 5.44. The third kappa shape index (κ3) is 2.13. The molecule has 0 spiro atoms. The summed E-state index contributed by atoms with van der Waals surface area (Å²) in [6.07, 6.45) is 1.01. The molecule has 0 bridgehead atoms. The highest BCUT2D eigenvalue weighted by Gasteiger charge is 2.30. The largest absolute Gasteiger partial charge is 0.492 e. The van der Waals surface area contributed by atoms with Crippen LogP contribution in [0.5, 0.6) is 5.75 Å². The molecule has 21 heavy (non-hydrogen) atoms. The van der Waals surface area contributed by atoms with Gasteiger partial charge in [-0.3, -0.25) is 4.79 Å². The lowest BCUT2D eigenvalue weighted by molar-refractivity contribution is -0.117. The van der Waals surface area contributed by atoms with Crippen LogP contribution in [-0.4, -0.2) is 19.1 Å². The fourth-order valence-corrected chi connectivity index (χ4v) is 2.99. The van der Waals surface area contributed by atoms with Gasteiger partial charge in [-0.05, 0) is 36.2 Å². The number of carbonyl (C=O) groups excluding carboxylic acids is 1. The molecule has 1 atom stereocenters. The van der Waals surface area contributed by atoms with Gasteiger partial charge in [-0.15, -0.1) is 0 Å². The molecule has 0 radical (unpaired) electrons. The van der Waals surface area contributed by atoms with Crippen molar-refractivity contribution in [2.75, 3.05) is 23.8 Å². The van der Waals surface area contributed by atoms with Crippen molar-refractivity contribution in [1.29, 1.82) is 0 Å². The standard InChI is InChI=1S/C17H16N2O2/c20-17(14-10-21-16-4-2-1-3-13(14)16)19-12-5-6-15-11(9-12)7-8-18-15/h1-6,9,14,18H,7-8,10H2,(H,19,20). The zero-order valence-electron chi connectivity index (χ0n) is 11.6. The normalized spacial score (nSPS) is 18.4. The van der Waals surface area contributed by atoms with Crippen molar-refractivity contribution in [3.63, 3.8) is 0 Å². The van der Waals surface area contributed by atoms with Crippen molar-refractivity contribution < 1.29 is 9.53 Å². The summed E-state index contributed by atoms with van der Waals surface area (Å²) in [6, 6.07) is 13.7. The van der Waals surface area contributed by atoms with Gasteiger partial charge in [0.25, 0.3) is 0 Å². The number of carbonyl (C=O) groups is 1. The molecule has 4 rings (SSSR count). The maximum absolute atomic E-state index is 12.5. The molecule has 2 aliphatic heterocycles. The number of fused-ring (bicyclic) bond motifs is 2. The number of ether oxygens (including phenoxy) is 1. The summed E-state index contributed by atoms with van der Waals surface area (Å²) in [4.78, 5) is 12.5. The van der Waals surface area contributed by atoms with Crippen LogP contribution in [0.3, 0.4) is 0 Å². The Morgan fingerprint density at radius 3 is 3.10 bits per heavy atom. The van der Waals surface area contributed by atoms with Crippen molar-refractivity contribution in [3.8, 4) is 5.75 Å². The van der Waals surface area contributed by atoms with Gasteiger partial charge in [-0.2, -0.15) is 0 Å². The van der Waals surface area contributed by atoms with Crippen LogP contribution >= 0.6 is 0 Å². The van der Waals surface area contributed by atoms with E-state index in [0.717, 1.165) is 30.0 Å². The first-order chi connectivity index (χ1) is 10.3. The molecule has 2 N–H and O–H groups in total. The van der Waals surface area contributed by atoms with Gasteiger partial charge in [0, 0.05) is 23.5 Å². The average molecular weight is 280 g/mol. The van der Waals surface area contributed by atoms with Gasteiger partial charge in [0.2, 0.25) is 5.91 Å². The molecule has 0 aliphatic carbocycles. The van der Waals surface area contributed by atoms with E-state index in [2.05, 4.69) is 16.7 Å². The van der Waals surface area contributed by atoms with E-state index in [-0.39, 0.29) is 11.8 Å². The SMILES string of the molecule is O=C(Nc1ccc2c(c1)CCN2)C1COc2ccccc21. The number of nitrogens with one attached hydrogen (secondary N) is 2. The van der Waals surface area contributed by atoms with E-state index in [1.165, 1.54) is 11.3 Å². The first kappa shape index (κ1) is 12.3. The minimum atomic E-state index is -0.229. The van der Waals surface area contributed by atoms with Crippen LogP contribution in [0.1, 0.15) is 17.0 Å². The van der Waals surface area contributed by atoms with Crippen LogP contribution in [0.15, 0.2) is 42.5 Å². The Balaban J connectivity index is 1.54. The molecule has 2 aromatic carbocycles. The second-order valence-corrected chi connectivity index (χ2v) is 5.44. The summed E-state index contributed by atoms with van der Waals surface area (Å²) in [5.74, 6) is 0.578. The lowest BCUT2D eigenvalue weighted by atomic mass is 10.0. The van der Waals surface area contributed by atoms with Crippen LogP contribution in [0.2, 0.25) is 0 Å². The summed E-state index contributed by atoms with van der Waals surface area (Å²) in [7, 11) is 0. The van der Waals surface area contributed by atoms with E-state index in [0.29, 0.717) is 6.61 Å². The number of hydrogen-bond donors (Lipinski definition) is 2. The van der Waals surface area contributed by atoms with E-state index >= 15 is 0 Å². The first-order valence-corrected chi connectivity index (χ1v) is 7.21. The summed E-state index contributed by atoms with van der Waals surface area (Å²) < 4.78 is 5.57. The predicted octanol–water partition coefficient (Wildman–Crippen LogP) is 2.77. The molecule has 106 valence electrons. The second kappa shape index (κ2) is 4.81. The van der Waals surface area contributed by atoms with Crippen LogP contribution in [0.4, 0.5) is 11.4 Å². The van der Waals surface area contributed by atoms with E-state index < -0.39 is 0 Å². The van der Waals surface area contributed by atoms with Gasteiger partial charge in [-0.25, -0.2) is 0 Å². The van der Waals surface area contributed by atoms with E-state index in [1.807, 2.05) is 36.4 Å². The topological polar surface area (TPSA) is 50.4 Å². The van der Waals surface area contributed by atoms with Crippen molar-refractivity contribution >= 4 is 17.3 Å². The molecular formula is C17H16N2O2. The third-order valence-electron chi connectivity index (χ3n) is 4.10. The van der Waals surface area contributed by atoms with Gasteiger partial charge < -0.3 is 15.4 Å². The fourth-order valence-electron chi connectivity index (χ4n) is 2.99. The van der Waals surface area contributed by atoms with Crippen LogP contribution in [0.25, 0.3) is 0 Å². The van der Waals surface area contributed by atoms with Crippen molar-refractivity contribution in [2.24, 2.45) is 0 Å². The van der Waals surface area contributed by atoms with Gasteiger partial charge in [0.05, 0.1) is 0 Å². The van der Waals surface area contributed by atoms with Gasteiger partial charge in [0.15, 0.2) is 0 Å². The minimum absolute atomic E-state index is 0.00847. The lowest BCUT2D eigenvalue weighted by Crippen LogP contribution is -2.22. The summed E-state index contributed by atoms with van der Waals surface area (Å²) in [5, 5.41) is 6.32.